The molecule has 2 N–H and O–H groups in total. The molecule has 2 heterocycles. The summed E-state index contributed by atoms with van der Waals surface area (Å²) in [5.74, 6) is 0.696. The van der Waals surface area contributed by atoms with E-state index in [1.54, 1.807) is 11.3 Å². The first kappa shape index (κ1) is 24.6. The molecule has 0 radical (unpaired) electrons. The van der Waals surface area contributed by atoms with E-state index in [9.17, 15) is 4.79 Å². The van der Waals surface area contributed by atoms with Crippen LogP contribution in [0.3, 0.4) is 0 Å². The van der Waals surface area contributed by atoms with E-state index in [0.717, 1.165) is 51.3 Å². The highest BCUT2D eigenvalue weighted by atomic mass is 35.5. The molecule has 0 bridgehead atoms. The molecule has 2 aliphatic rings. The van der Waals surface area contributed by atoms with Crippen LogP contribution in [-0.2, 0) is 16.8 Å². The Morgan fingerprint density at radius 2 is 1.89 bits per heavy atom. The summed E-state index contributed by atoms with van der Waals surface area (Å²) < 4.78 is 0. The van der Waals surface area contributed by atoms with Crippen LogP contribution < -0.4 is 5.73 Å². The summed E-state index contributed by atoms with van der Waals surface area (Å²) >= 11 is 1.75. The minimum Gasteiger partial charge on any atom is -0.340 e. The summed E-state index contributed by atoms with van der Waals surface area (Å²) in [5.41, 5.74) is 7.39. The fourth-order valence-electron chi connectivity index (χ4n) is 3.78. The summed E-state index contributed by atoms with van der Waals surface area (Å²) in [4.78, 5) is 21.7. The van der Waals surface area contributed by atoms with Gasteiger partial charge in [0.15, 0.2) is 0 Å². The average Bonchev–Trinajstić information content (AvgIpc) is 3.17. The maximum Gasteiger partial charge on any atom is 0.222 e. The van der Waals surface area contributed by atoms with Crippen molar-refractivity contribution in [3.8, 4) is 0 Å². The fraction of sp³-hybridized carbons (Fsp3) is 0.789. The number of aromatic nitrogens is 1. The van der Waals surface area contributed by atoms with Gasteiger partial charge in [-0.1, -0.05) is 27.2 Å². The lowest BCUT2D eigenvalue weighted by atomic mass is 9.98. The van der Waals surface area contributed by atoms with Gasteiger partial charge in [-0.25, -0.2) is 4.98 Å². The van der Waals surface area contributed by atoms with Crippen LogP contribution in [0.2, 0.25) is 0 Å². The van der Waals surface area contributed by atoms with Gasteiger partial charge in [0.2, 0.25) is 5.91 Å². The van der Waals surface area contributed by atoms with Gasteiger partial charge < -0.3 is 10.6 Å². The van der Waals surface area contributed by atoms with Crippen LogP contribution in [0.5, 0.6) is 0 Å². The number of hydrogen-bond acceptors (Lipinski definition) is 5. The number of hydrogen-bond donors (Lipinski definition) is 1. The molecule has 1 aromatic rings. The highest BCUT2D eigenvalue weighted by Gasteiger charge is 2.29. The zero-order valence-corrected chi connectivity index (χ0v) is 19.1. The first-order chi connectivity index (χ1) is 11.8. The second-order valence-corrected chi connectivity index (χ2v) is 9.47. The van der Waals surface area contributed by atoms with E-state index in [1.807, 2.05) is 4.90 Å². The van der Waals surface area contributed by atoms with Crippen molar-refractivity contribution in [2.24, 2.45) is 11.7 Å². The second-order valence-electron chi connectivity index (χ2n) is 8.61. The maximum atomic E-state index is 12.5. The number of carbonyl (C=O) groups excluding carboxylic acids is 1. The number of rotatable bonds is 4. The molecule has 8 heteroatoms. The number of piperazine rings is 1. The zero-order valence-electron chi connectivity index (χ0n) is 16.6. The van der Waals surface area contributed by atoms with Gasteiger partial charge >= 0.3 is 0 Å². The van der Waals surface area contributed by atoms with Gasteiger partial charge in [-0.15, -0.1) is 36.2 Å². The van der Waals surface area contributed by atoms with E-state index >= 15 is 0 Å². The minimum atomic E-state index is 0. The third-order valence-corrected chi connectivity index (χ3v) is 6.78. The van der Waals surface area contributed by atoms with E-state index in [2.05, 4.69) is 31.1 Å². The predicted molar refractivity (Wildman–Crippen MR) is 117 cm³/mol. The van der Waals surface area contributed by atoms with Crippen molar-refractivity contribution < 1.29 is 4.79 Å². The summed E-state index contributed by atoms with van der Waals surface area (Å²) in [5, 5.41) is 3.38. The van der Waals surface area contributed by atoms with Gasteiger partial charge in [-0.2, -0.15) is 0 Å². The molecule has 5 nitrogen and oxygen atoms in total. The predicted octanol–water partition coefficient (Wildman–Crippen LogP) is 3.45. The lowest BCUT2D eigenvalue weighted by Crippen LogP contribution is -2.49. The van der Waals surface area contributed by atoms with Gasteiger partial charge in [0.05, 0.1) is 10.7 Å². The molecule has 156 valence electrons. The Kier molecular flexibility index (Phi) is 9.49. The van der Waals surface area contributed by atoms with Crippen LogP contribution in [-0.4, -0.2) is 52.9 Å². The maximum absolute atomic E-state index is 12.5. The monoisotopic (exact) mass is 436 g/mol. The van der Waals surface area contributed by atoms with Gasteiger partial charge in [-0.3, -0.25) is 9.69 Å². The molecule has 1 aromatic heterocycles. The molecular weight excluding hydrogens is 403 g/mol. The van der Waals surface area contributed by atoms with Crippen molar-refractivity contribution in [2.75, 3.05) is 26.2 Å². The van der Waals surface area contributed by atoms with Crippen molar-refractivity contribution >= 4 is 42.1 Å². The molecular formula is C19H34Cl2N4OS. The number of thiazole rings is 1. The smallest absolute Gasteiger partial charge is 0.222 e. The Balaban J connectivity index is 0.00000182. The quantitative estimate of drug-likeness (QED) is 0.784. The fourth-order valence-corrected chi connectivity index (χ4v) is 4.68. The van der Waals surface area contributed by atoms with E-state index in [4.69, 9.17) is 10.7 Å². The van der Waals surface area contributed by atoms with Gasteiger partial charge in [0.25, 0.3) is 0 Å². The number of nitrogens with zero attached hydrogens (tertiary/aromatic N) is 3. The lowest BCUT2D eigenvalue weighted by molar-refractivity contribution is -0.134. The average molecular weight is 437 g/mol. The topological polar surface area (TPSA) is 62.5 Å². The standard InChI is InChI=1S/C19H32N4OS.2ClH/c1-19(2,3)18-21-15(13-25-18)12-22-7-9-23(10-8-22)17(24)11-14-5-4-6-16(14)20;;/h13-14,16H,4-12,20H2,1-3H3;2*1H/t14-,16+;;/m0../s1. The van der Waals surface area contributed by atoms with Gasteiger partial charge in [-0.05, 0) is 18.8 Å². The molecule has 1 saturated carbocycles. The van der Waals surface area contributed by atoms with Crippen LogP contribution in [0.25, 0.3) is 0 Å². The van der Waals surface area contributed by atoms with Crippen LogP contribution in [0.4, 0.5) is 0 Å². The SMILES string of the molecule is CC(C)(C)c1nc(CN2CCN(C(=O)C[C@@H]3CCC[C@H]3N)CC2)cs1.Cl.Cl. The number of halogens is 2. The molecule has 1 saturated heterocycles. The highest BCUT2D eigenvalue weighted by molar-refractivity contribution is 7.09. The Hall–Kier alpha value is -0.400. The molecule has 1 aliphatic heterocycles. The molecule has 0 spiro atoms. The van der Waals surface area contributed by atoms with E-state index in [0.29, 0.717) is 18.2 Å². The molecule has 0 unspecified atom stereocenters. The molecule has 27 heavy (non-hydrogen) atoms. The summed E-state index contributed by atoms with van der Waals surface area (Å²) in [6.07, 6.45) is 4.02. The molecule has 2 fully saturated rings. The van der Waals surface area contributed by atoms with Crippen LogP contribution in [0.1, 0.15) is 57.2 Å². The minimum absolute atomic E-state index is 0. The van der Waals surface area contributed by atoms with Crippen LogP contribution >= 0.6 is 36.2 Å². The van der Waals surface area contributed by atoms with E-state index < -0.39 is 0 Å². The highest BCUT2D eigenvalue weighted by Crippen LogP contribution is 2.28. The van der Waals surface area contributed by atoms with Crippen molar-refractivity contribution in [3.05, 3.63) is 16.1 Å². The molecule has 2 atom stereocenters. The molecule has 1 amide bonds. The van der Waals surface area contributed by atoms with Crippen molar-refractivity contribution in [1.82, 2.24) is 14.8 Å². The largest absolute Gasteiger partial charge is 0.340 e. The first-order valence-electron chi connectivity index (χ1n) is 9.53. The number of nitrogens with two attached hydrogens (primary N) is 1. The van der Waals surface area contributed by atoms with Crippen LogP contribution in [0.15, 0.2) is 5.38 Å². The summed E-state index contributed by atoms with van der Waals surface area (Å²) in [6, 6.07) is 0.229. The van der Waals surface area contributed by atoms with E-state index in [-0.39, 0.29) is 36.3 Å². The first-order valence-corrected chi connectivity index (χ1v) is 10.4. The third-order valence-electron chi connectivity index (χ3n) is 5.46. The molecule has 0 aromatic carbocycles. The van der Waals surface area contributed by atoms with Crippen molar-refractivity contribution in [1.29, 1.82) is 0 Å². The summed E-state index contributed by atoms with van der Waals surface area (Å²) in [7, 11) is 0. The van der Waals surface area contributed by atoms with Crippen molar-refractivity contribution in [3.63, 3.8) is 0 Å². The van der Waals surface area contributed by atoms with Crippen molar-refractivity contribution in [2.45, 2.75) is 64.5 Å². The summed E-state index contributed by atoms with van der Waals surface area (Å²) in [6.45, 7) is 11.0. The number of amides is 1. The second kappa shape index (κ2) is 10.4. The normalized spacial score (nSPS) is 23.6. The Bertz CT molecular complexity index is 597. The Morgan fingerprint density at radius 3 is 2.41 bits per heavy atom. The molecule has 3 rings (SSSR count). The lowest BCUT2D eigenvalue weighted by Gasteiger charge is -2.35. The van der Waals surface area contributed by atoms with Gasteiger partial charge in [0.1, 0.15) is 0 Å². The van der Waals surface area contributed by atoms with Gasteiger partial charge in [0, 0.05) is 56.0 Å². The molecule has 1 aliphatic carbocycles. The third kappa shape index (κ3) is 6.57. The van der Waals surface area contributed by atoms with Crippen LogP contribution in [0, 0.1) is 5.92 Å². The Morgan fingerprint density at radius 1 is 1.22 bits per heavy atom. The number of carbonyl (C=O) groups is 1. The zero-order chi connectivity index (χ0) is 18.0. The Labute approximate surface area is 179 Å². The van der Waals surface area contributed by atoms with E-state index in [1.165, 1.54) is 11.4 Å².